The van der Waals surface area contributed by atoms with Crippen molar-refractivity contribution in [3.63, 3.8) is 0 Å². The molecule has 0 aliphatic carbocycles. The normalized spacial score (nSPS) is 20.1. The second-order valence-electron chi connectivity index (χ2n) is 8.72. The Morgan fingerprint density at radius 3 is 2.28 bits per heavy atom. The molecule has 36 heavy (non-hydrogen) atoms. The van der Waals surface area contributed by atoms with Gasteiger partial charge in [-0.25, -0.2) is 14.1 Å². The van der Waals surface area contributed by atoms with Crippen molar-refractivity contribution in [3.8, 4) is 5.75 Å². The maximum atomic E-state index is 13.8. The lowest BCUT2D eigenvalue weighted by molar-refractivity contribution is -0.274. The molecule has 0 spiro atoms. The first-order valence-corrected chi connectivity index (χ1v) is 11.4. The number of aliphatic imine (C=N–C) groups is 1. The van der Waals surface area contributed by atoms with Crippen LogP contribution < -0.4 is 9.64 Å². The van der Waals surface area contributed by atoms with E-state index in [0.717, 1.165) is 5.69 Å². The first kappa shape index (κ1) is 23.8. The van der Waals surface area contributed by atoms with Crippen molar-refractivity contribution in [2.45, 2.75) is 19.3 Å². The van der Waals surface area contributed by atoms with Gasteiger partial charge in [-0.15, -0.1) is 13.2 Å². The van der Waals surface area contributed by atoms with Gasteiger partial charge in [-0.1, -0.05) is 12.1 Å². The first-order valence-electron chi connectivity index (χ1n) is 11.4. The summed E-state index contributed by atoms with van der Waals surface area (Å²) >= 11 is 0. The molecule has 0 radical (unpaired) electrons. The van der Waals surface area contributed by atoms with Gasteiger partial charge in [-0.05, 0) is 48.9 Å². The maximum Gasteiger partial charge on any atom is 0.573 e. The fourth-order valence-electron chi connectivity index (χ4n) is 4.78. The van der Waals surface area contributed by atoms with Crippen molar-refractivity contribution < 1.29 is 27.1 Å². The van der Waals surface area contributed by atoms with Crippen LogP contribution in [0.3, 0.4) is 0 Å². The topological polar surface area (TPSA) is 63.0 Å². The molecule has 11 heteroatoms. The number of rotatable bonds is 4. The third-order valence-electron chi connectivity index (χ3n) is 6.47. The minimum atomic E-state index is -4.79. The number of aromatic nitrogens is 2. The number of amides is 1. The number of carbonyl (C=O) groups excluding carboxylic acids is 1. The zero-order chi connectivity index (χ0) is 25.4. The summed E-state index contributed by atoms with van der Waals surface area (Å²) < 4.78 is 56.7. The molecular weight excluding hydrogens is 478 g/mol. The van der Waals surface area contributed by atoms with Crippen LogP contribution in [0.2, 0.25) is 0 Å². The maximum absolute atomic E-state index is 13.8. The zero-order valence-corrected chi connectivity index (χ0v) is 19.3. The summed E-state index contributed by atoms with van der Waals surface area (Å²) in [4.78, 5) is 22.2. The van der Waals surface area contributed by atoms with Crippen molar-refractivity contribution >= 4 is 23.1 Å². The number of benzene rings is 2. The fraction of sp³-hybridized carbons (Fsp3) is 0.320. The standard InChI is InChI=1S/C25H23F4N5O2/c1-16-22(24(35)33-14-12-32(13-15-33)19-6-4-18(26)5-7-19)23(34-21(31-16)10-11-30-34)17-2-8-20(9-3-17)36-25(27,28)29/h2-11,22-23H,12-15H2,1H3. The van der Waals surface area contributed by atoms with Gasteiger partial charge in [-0.3, -0.25) is 4.79 Å². The molecule has 1 amide bonds. The number of anilines is 1. The average Bonchev–Trinajstić information content (AvgIpc) is 3.31. The SMILES string of the molecule is CC1=Nc2ccnn2C(c2ccc(OC(F)(F)F)cc2)C1C(=O)N1CCN(c2ccc(F)cc2)CC1. The molecule has 1 aromatic heterocycles. The Labute approximate surface area is 204 Å². The number of carbonyl (C=O) groups is 1. The lowest BCUT2D eigenvalue weighted by atomic mass is 9.87. The molecule has 0 bridgehead atoms. The Morgan fingerprint density at radius 1 is 0.972 bits per heavy atom. The molecule has 188 valence electrons. The Bertz CT molecular complexity index is 1260. The molecule has 7 nitrogen and oxygen atoms in total. The van der Waals surface area contributed by atoms with Gasteiger partial charge in [-0.2, -0.15) is 5.10 Å². The minimum absolute atomic E-state index is 0.128. The van der Waals surface area contributed by atoms with Gasteiger partial charge in [0.05, 0.1) is 12.2 Å². The van der Waals surface area contributed by atoms with Gasteiger partial charge >= 0.3 is 6.36 Å². The quantitative estimate of drug-likeness (QED) is 0.491. The number of nitrogens with zero attached hydrogens (tertiary/aromatic N) is 5. The number of hydrogen-bond donors (Lipinski definition) is 0. The van der Waals surface area contributed by atoms with Gasteiger partial charge in [0.25, 0.3) is 0 Å². The van der Waals surface area contributed by atoms with E-state index in [2.05, 4.69) is 19.7 Å². The lowest BCUT2D eigenvalue weighted by Crippen LogP contribution is -2.53. The Morgan fingerprint density at radius 2 is 1.64 bits per heavy atom. The number of alkyl halides is 3. The molecule has 1 fully saturated rings. The Hall–Kier alpha value is -3.89. The van der Waals surface area contributed by atoms with Crippen LogP contribution in [0.5, 0.6) is 5.75 Å². The van der Waals surface area contributed by atoms with E-state index in [1.807, 2.05) is 0 Å². The van der Waals surface area contributed by atoms with Gasteiger partial charge in [0.1, 0.15) is 17.5 Å². The molecule has 2 aromatic carbocycles. The molecule has 5 rings (SSSR count). The number of fused-ring (bicyclic) bond motifs is 1. The summed E-state index contributed by atoms with van der Waals surface area (Å²) in [6.45, 7) is 3.89. The summed E-state index contributed by atoms with van der Waals surface area (Å²) in [5.74, 6) is -0.881. The fourth-order valence-corrected chi connectivity index (χ4v) is 4.78. The number of halogens is 4. The van der Waals surface area contributed by atoms with Crippen LogP contribution in [0.1, 0.15) is 18.5 Å². The van der Waals surface area contributed by atoms with E-state index in [-0.39, 0.29) is 17.5 Å². The summed E-state index contributed by atoms with van der Waals surface area (Å²) in [7, 11) is 0. The smallest absolute Gasteiger partial charge is 0.406 e. The largest absolute Gasteiger partial charge is 0.573 e. The highest BCUT2D eigenvalue weighted by Gasteiger charge is 2.41. The van der Waals surface area contributed by atoms with Gasteiger partial charge in [0.15, 0.2) is 5.82 Å². The molecule has 1 saturated heterocycles. The van der Waals surface area contributed by atoms with Crippen molar-refractivity contribution in [2.24, 2.45) is 10.9 Å². The highest BCUT2D eigenvalue weighted by Crippen LogP contribution is 2.38. The summed E-state index contributed by atoms with van der Waals surface area (Å²) in [5, 5.41) is 4.36. The van der Waals surface area contributed by atoms with E-state index in [4.69, 9.17) is 0 Å². The second-order valence-corrected chi connectivity index (χ2v) is 8.72. The molecule has 2 atom stereocenters. The third-order valence-corrected chi connectivity index (χ3v) is 6.47. The molecule has 3 heterocycles. The predicted octanol–water partition coefficient (Wildman–Crippen LogP) is 4.58. The molecular formula is C25H23F4N5O2. The van der Waals surface area contributed by atoms with Crippen LogP contribution in [0, 0.1) is 11.7 Å². The van der Waals surface area contributed by atoms with E-state index in [0.29, 0.717) is 43.3 Å². The molecule has 0 N–H and O–H groups in total. The van der Waals surface area contributed by atoms with E-state index in [1.165, 1.54) is 36.4 Å². The van der Waals surface area contributed by atoms with Crippen LogP contribution in [0.15, 0.2) is 65.8 Å². The zero-order valence-electron chi connectivity index (χ0n) is 19.3. The number of hydrogen-bond acceptors (Lipinski definition) is 5. The minimum Gasteiger partial charge on any atom is -0.406 e. The third kappa shape index (κ3) is 4.77. The number of piperazine rings is 1. The highest BCUT2D eigenvalue weighted by atomic mass is 19.4. The molecule has 2 aliphatic rings. The van der Waals surface area contributed by atoms with Crippen LogP contribution in [0.25, 0.3) is 0 Å². The van der Waals surface area contributed by atoms with Gasteiger partial charge in [0, 0.05) is 43.6 Å². The second kappa shape index (κ2) is 9.29. The molecule has 2 aliphatic heterocycles. The van der Waals surface area contributed by atoms with E-state index in [1.54, 1.807) is 40.9 Å². The monoisotopic (exact) mass is 501 g/mol. The Kier molecular flexibility index (Phi) is 6.15. The number of ether oxygens (including phenoxy) is 1. The molecule has 2 unspecified atom stereocenters. The molecule has 3 aromatic rings. The predicted molar refractivity (Wildman–Crippen MR) is 125 cm³/mol. The van der Waals surface area contributed by atoms with E-state index < -0.39 is 18.3 Å². The van der Waals surface area contributed by atoms with Crippen molar-refractivity contribution in [2.75, 3.05) is 31.1 Å². The summed E-state index contributed by atoms with van der Waals surface area (Å²) in [5.41, 5.74) is 2.11. The van der Waals surface area contributed by atoms with Crippen molar-refractivity contribution in [1.82, 2.24) is 14.7 Å². The summed E-state index contributed by atoms with van der Waals surface area (Å²) in [6, 6.07) is 12.9. The van der Waals surface area contributed by atoms with E-state index in [9.17, 15) is 22.4 Å². The van der Waals surface area contributed by atoms with Gasteiger partial charge in [0.2, 0.25) is 5.91 Å². The van der Waals surface area contributed by atoms with Crippen molar-refractivity contribution in [3.05, 3.63) is 72.2 Å². The highest BCUT2D eigenvalue weighted by molar-refractivity contribution is 6.05. The van der Waals surface area contributed by atoms with Gasteiger partial charge < -0.3 is 14.5 Å². The van der Waals surface area contributed by atoms with Crippen LogP contribution in [-0.2, 0) is 4.79 Å². The summed E-state index contributed by atoms with van der Waals surface area (Å²) in [6.07, 6.45) is -3.21. The lowest BCUT2D eigenvalue weighted by Gasteiger charge is -2.40. The Balaban J connectivity index is 1.38. The average molecular weight is 501 g/mol. The first-order chi connectivity index (χ1) is 17.2. The molecule has 0 saturated carbocycles. The van der Waals surface area contributed by atoms with E-state index >= 15 is 0 Å². The van der Waals surface area contributed by atoms with Crippen LogP contribution in [-0.4, -0.2) is 58.8 Å². The van der Waals surface area contributed by atoms with Crippen molar-refractivity contribution in [1.29, 1.82) is 0 Å². The van der Waals surface area contributed by atoms with Crippen LogP contribution >= 0.6 is 0 Å². The van der Waals surface area contributed by atoms with Crippen LogP contribution in [0.4, 0.5) is 29.1 Å².